The Labute approximate surface area is 155 Å². The van der Waals surface area contributed by atoms with E-state index in [1.807, 2.05) is 31.3 Å². The van der Waals surface area contributed by atoms with Gasteiger partial charge in [0.25, 0.3) is 0 Å². The fraction of sp³-hybridized carbons (Fsp3) is 0.294. The number of rotatable bonds is 2. The Morgan fingerprint density at radius 1 is 1.15 bits per heavy atom. The van der Waals surface area contributed by atoms with Crippen LogP contribution in [0.15, 0.2) is 36.5 Å². The molecule has 4 rings (SSSR count). The lowest BCUT2D eigenvalue weighted by atomic mass is 10.3. The van der Waals surface area contributed by atoms with Crippen molar-refractivity contribution < 1.29 is 4.79 Å². The molecule has 0 bridgehead atoms. The standard InChI is InChI=1S/C17H18ClN7O/c1-12-21-22-16-10-13(11-19-25(12)16)23-6-8-24(9-7-23)17(26)20-15-5-3-2-4-14(15)18/h2-5,10-11H,6-9H2,1H3,(H,20,26). The van der Waals surface area contributed by atoms with Gasteiger partial charge in [-0.25, -0.2) is 4.79 Å². The van der Waals surface area contributed by atoms with Crippen molar-refractivity contribution in [2.24, 2.45) is 0 Å². The van der Waals surface area contributed by atoms with Crippen molar-refractivity contribution in [3.8, 4) is 0 Å². The molecule has 1 aliphatic rings. The molecule has 3 aromatic rings. The van der Waals surface area contributed by atoms with Crippen LogP contribution in [-0.4, -0.2) is 56.9 Å². The monoisotopic (exact) mass is 371 g/mol. The van der Waals surface area contributed by atoms with Gasteiger partial charge in [-0.1, -0.05) is 23.7 Å². The van der Waals surface area contributed by atoms with E-state index in [-0.39, 0.29) is 6.03 Å². The zero-order valence-electron chi connectivity index (χ0n) is 14.3. The molecule has 1 N–H and O–H groups in total. The zero-order valence-corrected chi connectivity index (χ0v) is 15.0. The molecule has 0 unspecified atom stereocenters. The van der Waals surface area contributed by atoms with Crippen LogP contribution in [0, 0.1) is 6.92 Å². The lowest BCUT2D eigenvalue weighted by Crippen LogP contribution is -2.50. The van der Waals surface area contributed by atoms with Crippen LogP contribution in [0.1, 0.15) is 5.82 Å². The normalized spacial score (nSPS) is 14.7. The van der Waals surface area contributed by atoms with Crippen LogP contribution in [0.5, 0.6) is 0 Å². The van der Waals surface area contributed by atoms with Crippen molar-refractivity contribution in [2.75, 3.05) is 36.4 Å². The molecule has 1 aromatic carbocycles. The number of carbonyl (C=O) groups is 1. The number of hydrogen-bond donors (Lipinski definition) is 1. The van der Waals surface area contributed by atoms with Crippen LogP contribution in [0.2, 0.25) is 5.02 Å². The number of halogens is 1. The summed E-state index contributed by atoms with van der Waals surface area (Å²) in [6, 6.07) is 9.04. The minimum atomic E-state index is -0.139. The fourth-order valence-corrected chi connectivity index (χ4v) is 3.17. The van der Waals surface area contributed by atoms with E-state index in [0.717, 1.165) is 30.2 Å². The first-order chi connectivity index (χ1) is 12.6. The molecular formula is C17H18ClN7O. The number of amides is 2. The first-order valence-corrected chi connectivity index (χ1v) is 8.73. The number of para-hydroxylation sites is 1. The van der Waals surface area contributed by atoms with Crippen molar-refractivity contribution in [3.05, 3.63) is 47.4 Å². The summed E-state index contributed by atoms with van der Waals surface area (Å²) < 4.78 is 1.71. The van der Waals surface area contributed by atoms with Crippen LogP contribution in [0.25, 0.3) is 5.65 Å². The van der Waals surface area contributed by atoms with Gasteiger partial charge in [0.2, 0.25) is 0 Å². The van der Waals surface area contributed by atoms with E-state index in [1.54, 1.807) is 21.5 Å². The molecule has 2 aromatic heterocycles. The van der Waals surface area contributed by atoms with E-state index in [2.05, 4.69) is 25.5 Å². The van der Waals surface area contributed by atoms with Crippen molar-refractivity contribution in [2.45, 2.75) is 6.92 Å². The summed E-state index contributed by atoms with van der Waals surface area (Å²) in [6.07, 6.45) is 1.81. The average Bonchev–Trinajstić information content (AvgIpc) is 3.04. The third kappa shape index (κ3) is 3.15. The molecule has 134 valence electrons. The molecular weight excluding hydrogens is 354 g/mol. The lowest BCUT2D eigenvalue weighted by Gasteiger charge is -2.35. The summed E-state index contributed by atoms with van der Waals surface area (Å²) in [5.74, 6) is 0.757. The Balaban J connectivity index is 1.40. The van der Waals surface area contributed by atoms with Crippen LogP contribution < -0.4 is 10.2 Å². The molecule has 26 heavy (non-hydrogen) atoms. The van der Waals surface area contributed by atoms with Crippen molar-refractivity contribution in [3.63, 3.8) is 0 Å². The summed E-state index contributed by atoms with van der Waals surface area (Å²) >= 11 is 6.10. The van der Waals surface area contributed by atoms with Gasteiger partial charge in [-0.2, -0.15) is 9.61 Å². The topological polar surface area (TPSA) is 78.7 Å². The maximum atomic E-state index is 12.4. The number of piperazine rings is 1. The molecule has 1 saturated heterocycles. The third-order valence-corrected chi connectivity index (χ3v) is 4.78. The number of urea groups is 1. The van der Waals surface area contributed by atoms with Gasteiger partial charge in [-0.15, -0.1) is 10.2 Å². The molecule has 0 spiro atoms. The fourth-order valence-electron chi connectivity index (χ4n) is 2.99. The summed E-state index contributed by atoms with van der Waals surface area (Å²) in [7, 11) is 0. The van der Waals surface area contributed by atoms with Crippen LogP contribution in [-0.2, 0) is 0 Å². The second-order valence-electron chi connectivity index (χ2n) is 6.12. The molecule has 1 aliphatic heterocycles. The Morgan fingerprint density at radius 2 is 1.92 bits per heavy atom. The highest BCUT2D eigenvalue weighted by atomic mass is 35.5. The maximum absolute atomic E-state index is 12.4. The second kappa shape index (κ2) is 6.80. The van der Waals surface area contributed by atoms with Gasteiger partial charge in [0.05, 0.1) is 22.6 Å². The predicted octanol–water partition coefficient (Wildman–Crippen LogP) is 2.44. The van der Waals surface area contributed by atoms with Crippen LogP contribution in [0.4, 0.5) is 16.2 Å². The van der Waals surface area contributed by atoms with Gasteiger partial charge in [0, 0.05) is 32.2 Å². The Bertz CT molecular complexity index is 949. The number of benzene rings is 1. The van der Waals surface area contributed by atoms with Gasteiger partial charge in [-0.05, 0) is 19.1 Å². The van der Waals surface area contributed by atoms with Gasteiger partial charge in [0.1, 0.15) is 0 Å². The number of aryl methyl sites for hydroxylation is 1. The van der Waals surface area contributed by atoms with Gasteiger partial charge < -0.3 is 15.1 Å². The Hall–Kier alpha value is -2.87. The van der Waals surface area contributed by atoms with E-state index in [4.69, 9.17) is 11.6 Å². The Morgan fingerprint density at radius 3 is 2.69 bits per heavy atom. The molecule has 1 fully saturated rings. The summed E-state index contributed by atoms with van der Waals surface area (Å²) in [6.45, 7) is 4.55. The SMILES string of the molecule is Cc1nnc2cc(N3CCN(C(=O)Nc4ccccc4Cl)CC3)cnn12. The molecule has 8 nitrogen and oxygen atoms in total. The highest BCUT2D eigenvalue weighted by Gasteiger charge is 2.22. The predicted molar refractivity (Wildman–Crippen MR) is 99.8 cm³/mol. The van der Waals surface area contributed by atoms with E-state index >= 15 is 0 Å². The summed E-state index contributed by atoms with van der Waals surface area (Å²) in [5.41, 5.74) is 2.33. The van der Waals surface area contributed by atoms with Gasteiger partial charge in [0.15, 0.2) is 11.5 Å². The van der Waals surface area contributed by atoms with E-state index in [9.17, 15) is 4.79 Å². The molecule has 9 heteroatoms. The van der Waals surface area contributed by atoms with Gasteiger partial charge >= 0.3 is 6.03 Å². The van der Waals surface area contributed by atoms with E-state index in [1.165, 1.54) is 0 Å². The van der Waals surface area contributed by atoms with E-state index in [0.29, 0.717) is 23.8 Å². The highest BCUT2D eigenvalue weighted by Crippen LogP contribution is 2.22. The summed E-state index contributed by atoms with van der Waals surface area (Å²) in [4.78, 5) is 16.4. The number of aromatic nitrogens is 4. The second-order valence-corrected chi connectivity index (χ2v) is 6.52. The molecule has 2 amide bonds. The number of fused-ring (bicyclic) bond motifs is 1. The maximum Gasteiger partial charge on any atom is 0.322 e. The number of carbonyl (C=O) groups excluding carboxylic acids is 1. The van der Waals surface area contributed by atoms with Crippen molar-refractivity contribution in [1.29, 1.82) is 0 Å². The van der Waals surface area contributed by atoms with Crippen molar-refractivity contribution >= 4 is 34.7 Å². The number of hydrogen-bond acceptors (Lipinski definition) is 5. The minimum absolute atomic E-state index is 0.139. The van der Waals surface area contributed by atoms with E-state index < -0.39 is 0 Å². The minimum Gasteiger partial charge on any atom is -0.367 e. The van der Waals surface area contributed by atoms with Crippen molar-refractivity contribution in [1.82, 2.24) is 24.7 Å². The largest absolute Gasteiger partial charge is 0.367 e. The first kappa shape index (κ1) is 16.6. The summed E-state index contributed by atoms with van der Waals surface area (Å²) in [5, 5.41) is 15.9. The van der Waals surface area contributed by atoms with Gasteiger partial charge in [-0.3, -0.25) is 0 Å². The van der Waals surface area contributed by atoms with Crippen LogP contribution in [0.3, 0.4) is 0 Å². The average molecular weight is 372 g/mol. The third-order valence-electron chi connectivity index (χ3n) is 4.45. The highest BCUT2D eigenvalue weighted by molar-refractivity contribution is 6.33. The van der Waals surface area contributed by atoms with Crippen LogP contribution >= 0.6 is 11.6 Å². The lowest BCUT2D eigenvalue weighted by molar-refractivity contribution is 0.208. The molecule has 0 radical (unpaired) electrons. The Kier molecular flexibility index (Phi) is 4.34. The molecule has 0 aliphatic carbocycles. The number of nitrogens with zero attached hydrogens (tertiary/aromatic N) is 6. The number of anilines is 2. The quantitative estimate of drug-likeness (QED) is 0.748. The zero-order chi connectivity index (χ0) is 18.1. The smallest absolute Gasteiger partial charge is 0.322 e. The molecule has 3 heterocycles. The first-order valence-electron chi connectivity index (χ1n) is 8.35. The molecule has 0 saturated carbocycles. The number of nitrogens with one attached hydrogen (secondary N) is 1. The molecule has 0 atom stereocenters.